The van der Waals surface area contributed by atoms with Gasteiger partial charge in [0.05, 0.1) is 22.9 Å². The number of hydrogen-bond acceptors (Lipinski definition) is 6. The van der Waals surface area contributed by atoms with Crippen molar-refractivity contribution in [2.24, 2.45) is 0 Å². The summed E-state index contributed by atoms with van der Waals surface area (Å²) < 4.78 is 4.96. The average Bonchev–Trinajstić information content (AvgIpc) is 2.47. The van der Waals surface area contributed by atoms with Gasteiger partial charge >= 0.3 is 6.09 Å². The molecule has 114 valence electrons. The predicted molar refractivity (Wildman–Crippen MR) is 78.3 cm³/mol. The van der Waals surface area contributed by atoms with Gasteiger partial charge in [0.15, 0.2) is 0 Å². The van der Waals surface area contributed by atoms with Crippen LogP contribution in [0.3, 0.4) is 0 Å². The maximum atomic E-state index is 11.6. The standard InChI is InChI=1S/C13H18N4O4/c1-2-21-13(18)16-7-5-15(6-8-16)12-4-3-10(17(19)20)9-11(12)14/h3-4,9H,2,5-8,14H2,1H3. The van der Waals surface area contributed by atoms with Gasteiger partial charge in [-0.25, -0.2) is 4.79 Å². The molecule has 0 unspecified atom stereocenters. The van der Waals surface area contributed by atoms with Crippen molar-refractivity contribution in [1.29, 1.82) is 0 Å². The molecule has 2 rings (SSSR count). The van der Waals surface area contributed by atoms with Crippen molar-refractivity contribution in [3.63, 3.8) is 0 Å². The van der Waals surface area contributed by atoms with E-state index in [1.165, 1.54) is 12.1 Å². The molecule has 1 aromatic rings. The lowest BCUT2D eigenvalue weighted by Gasteiger charge is -2.35. The van der Waals surface area contributed by atoms with Crippen LogP contribution >= 0.6 is 0 Å². The Balaban J connectivity index is 2.02. The molecule has 1 aliphatic rings. The van der Waals surface area contributed by atoms with Gasteiger partial charge < -0.3 is 20.3 Å². The van der Waals surface area contributed by atoms with Gasteiger partial charge in [-0.2, -0.15) is 0 Å². The lowest BCUT2D eigenvalue weighted by Crippen LogP contribution is -2.49. The topological polar surface area (TPSA) is 102 Å². The molecule has 0 aliphatic carbocycles. The molecule has 0 saturated carbocycles. The number of nitrogens with zero attached hydrogens (tertiary/aromatic N) is 3. The fraction of sp³-hybridized carbons (Fsp3) is 0.462. The van der Waals surface area contributed by atoms with Crippen LogP contribution in [0.1, 0.15) is 6.92 Å². The van der Waals surface area contributed by atoms with E-state index in [0.29, 0.717) is 38.5 Å². The zero-order valence-corrected chi connectivity index (χ0v) is 11.8. The highest BCUT2D eigenvalue weighted by Crippen LogP contribution is 2.28. The van der Waals surface area contributed by atoms with Gasteiger partial charge in [0.2, 0.25) is 0 Å². The monoisotopic (exact) mass is 294 g/mol. The normalized spacial score (nSPS) is 14.9. The molecule has 0 aromatic heterocycles. The van der Waals surface area contributed by atoms with Gasteiger partial charge in [-0.3, -0.25) is 10.1 Å². The van der Waals surface area contributed by atoms with Crippen molar-refractivity contribution in [1.82, 2.24) is 4.90 Å². The SMILES string of the molecule is CCOC(=O)N1CCN(c2ccc([N+](=O)[O-])cc2N)CC1. The van der Waals surface area contributed by atoms with Crippen LogP contribution in [0, 0.1) is 10.1 Å². The lowest BCUT2D eigenvalue weighted by molar-refractivity contribution is -0.384. The van der Waals surface area contributed by atoms with Crippen LogP contribution in [0.15, 0.2) is 18.2 Å². The number of anilines is 2. The number of amides is 1. The third kappa shape index (κ3) is 3.33. The lowest BCUT2D eigenvalue weighted by atomic mass is 10.2. The Morgan fingerprint density at radius 1 is 1.38 bits per heavy atom. The second-order valence-electron chi connectivity index (χ2n) is 4.67. The molecule has 0 spiro atoms. The van der Waals surface area contributed by atoms with Gasteiger partial charge in [0, 0.05) is 38.3 Å². The molecule has 1 saturated heterocycles. The summed E-state index contributed by atoms with van der Waals surface area (Å²) in [5.41, 5.74) is 6.98. The van der Waals surface area contributed by atoms with E-state index in [1.54, 1.807) is 17.9 Å². The van der Waals surface area contributed by atoms with E-state index in [2.05, 4.69) is 0 Å². The quantitative estimate of drug-likeness (QED) is 0.514. The Kier molecular flexibility index (Phi) is 4.46. The summed E-state index contributed by atoms with van der Waals surface area (Å²) >= 11 is 0. The summed E-state index contributed by atoms with van der Waals surface area (Å²) in [5, 5.41) is 10.7. The molecule has 1 heterocycles. The van der Waals surface area contributed by atoms with Crippen LogP contribution in [0.25, 0.3) is 0 Å². The van der Waals surface area contributed by atoms with Gasteiger partial charge in [-0.1, -0.05) is 0 Å². The summed E-state index contributed by atoms with van der Waals surface area (Å²) in [6.07, 6.45) is -0.311. The van der Waals surface area contributed by atoms with Crippen molar-refractivity contribution >= 4 is 23.2 Å². The Morgan fingerprint density at radius 2 is 2.05 bits per heavy atom. The van der Waals surface area contributed by atoms with Crippen molar-refractivity contribution in [3.05, 3.63) is 28.3 Å². The Morgan fingerprint density at radius 3 is 2.57 bits per heavy atom. The third-order valence-corrected chi connectivity index (χ3v) is 3.37. The molecule has 0 radical (unpaired) electrons. The Hall–Kier alpha value is -2.51. The Bertz CT molecular complexity index is 541. The van der Waals surface area contributed by atoms with Gasteiger partial charge in [0.25, 0.3) is 5.69 Å². The number of carbonyl (C=O) groups is 1. The number of benzene rings is 1. The van der Waals surface area contributed by atoms with Crippen LogP contribution in [0.5, 0.6) is 0 Å². The molecular formula is C13H18N4O4. The first-order chi connectivity index (χ1) is 10.0. The largest absolute Gasteiger partial charge is 0.450 e. The smallest absolute Gasteiger partial charge is 0.409 e. The molecule has 21 heavy (non-hydrogen) atoms. The zero-order chi connectivity index (χ0) is 15.4. The number of carbonyl (C=O) groups excluding carboxylic acids is 1. The number of ether oxygens (including phenoxy) is 1. The molecule has 1 aromatic carbocycles. The van der Waals surface area contributed by atoms with Crippen molar-refractivity contribution in [3.8, 4) is 0 Å². The van der Waals surface area contributed by atoms with E-state index in [1.807, 2.05) is 4.90 Å². The number of nitro benzene ring substituents is 1. The first kappa shape index (κ1) is 14.9. The number of piperazine rings is 1. The van der Waals surface area contributed by atoms with E-state index in [0.717, 1.165) is 5.69 Å². The van der Waals surface area contributed by atoms with E-state index in [-0.39, 0.29) is 11.8 Å². The number of rotatable bonds is 3. The minimum atomic E-state index is -0.473. The van der Waals surface area contributed by atoms with E-state index >= 15 is 0 Å². The zero-order valence-electron chi connectivity index (χ0n) is 11.8. The van der Waals surface area contributed by atoms with Gasteiger partial charge in [0.1, 0.15) is 0 Å². The highest BCUT2D eigenvalue weighted by Gasteiger charge is 2.23. The van der Waals surface area contributed by atoms with Crippen LogP contribution in [0.4, 0.5) is 21.9 Å². The molecule has 1 aliphatic heterocycles. The molecule has 1 amide bonds. The first-order valence-electron chi connectivity index (χ1n) is 6.73. The fourth-order valence-corrected chi connectivity index (χ4v) is 2.29. The summed E-state index contributed by atoms with van der Waals surface area (Å²) in [4.78, 5) is 25.5. The van der Waals surface area contributed by atoms with Crippen LogP contribution in [-0.4, -0.2) is 48.7 Å². The first-order valence-corrected chi connectivity index (χ1v) is 6.73. The van der Waals surface area contributed by atoms with Crippen molar-refractivity contribution in [2.45, 2.75) is 6.92 Å². The molecule has 1 fully saturated rings. The van der Waals surface area contributed by atoms with Crippen molar-refractivity contribution < 1.29 is 14.5 Å². The van der Waals surface area contributed by atoms with E-state index in [4.69, 9.17) is 10.5 Å². The second kappa shape index (κ2) is 6.29. The van der Waals surface area contributed by atoms with Crippen LogP contribution < -0.4 is 10.6 Å². The van der Waals surface area contributed by atoms with Gasteiger partial charge in [-0.05, 0) is 13.0 Å². The number of nitro groups is 1. The maximum Gasteiger partial charge on any atom is 0.409 e. The summed E-state index contributed by atoms with van der Waals surface area (Å²) in [6.45, 7) is 4.42. The predicted octanol–water partition coefficient (Wildman–Crippen LogP) is 1.46. The summed E-state index contributed by atoms with van der Waals surface area (Å²) in [7, 11) is 0. The number of nitrogens with two attached hydrogens (primary N) is 1. The number of hydrogen-bond donors (Lipinski definition) is 1. The summed E-state index contributed by atoms with van der Waals surface area (Å²) in [5.74, 6) is 0. The highest BCUT2D eigenvalue weighted by atomic mass is 16.6. The number of nitrogen functional groups attached to an aromatic ring is 1. The molecule has 0 atom stereocenters. The van der Waals surface area contributed by atoms with E-state index < -0.39 is 4.92 Å². The van der Waals surface area contributed by atoms with Crippen molar-refractivity contribution in [2.75, 3.05) is 43.4 Å². The van der Waals surface area contributed by atoms with Crippen LogP contribution in [0.2, 0.25) is 0 Å². The number of non-ortho nitro benzene ring substituents is 1. The molecule has 2 N–H and O–H groups in total. The summed E-state index contributed by atoms with van der Waals surface area (Å²) in [6, 6.07) is 4.43. The molecule has 0 bridgehead atoms. The minimum Gasteiger partial charge on any atom is -0.450 e. The molecule has 8 nitrogen and oxygen atoms in total. The average molecular weight is 294 g/mol. The third-order valence-electron chi connectivity index (χ3n) is 3.37. The molecule has 8 heteroatoms. The molecular weight excluding hydrogens is 276 g/mol. The fourth-order valence-electron chi connectivity index (χ4n) is 2.29. The second-order valence-corrected chi connectivity index (χ2v) is 4.67. The maximum absolute atomic E-state index is 11.6. The van der Waals surface area contributed by atoms with Gasteiger partial charge in [-0.15, -0.1) is 0 Å². The highest BCUT2D eigenvalue weighted by molar-refractivity contribution is 5.72. The Labute approximate surface area is 122 Å². The minimum absolute atomic E-state index is 0.0265. The van der Waals surface area contributed by atoms with Crippen LogP contribution in [-0.2, 0) is 4.74 Å². The van der Waals surface area contributed by atoms with E-state index in [9.17, 15) is 14.9 Å².